The van der Waals surface area contributed by atoms with Crippen molar-refractivity contribution in [1.82, 2.24) is 4.90 Å². The largest absolute Gasteiger partial charge is 0.354 e. The van der Waals surface area contributed by atoms with Crippen molar-refractivity contribution in [2.45, 2.75) is 18.4 Å². The minimum Gasteiger partial charge on any atom is -0.323 e. The lowest BCUT2D eigenvalue weighted by Crippen LogP contribution is -2.39. The second-order valence-corrected chi connectivity index (χ2v) is 7.59. The van der Waals surface area contributed by atoms with Gasteiger partial charge in [-0.2, -0.15) is 0 Å². The Morgan fingerprint density at radius 3 is 2.06 bits per heavy atom. The fourth-order valence-electron chi connectivity index (χ4n) is 1.80. The molecule has 0 aromatic rings. The van der Waals surface area contributed by atoms with Crippen molar-refractivity contribution in [2.75, 3.05) is 13.1 Å². The van der Waals surface area contributed by atoms with Crippen molar-refractivity contribution in [3.8, 4) is 0 Å². The van der Waals surface area contributed by atoms with Crippen LogP contribution in [0.5, 0.6) is 0 Å². The number of piperidine rings is 1. The number of likely N-dealkylation sites (tertiary alicyclic amines) is 1. The predicted molar refractivity (Wildman–Crippen MR) is 57.8 cm³/mol. The molecule has 1 aliphatic heterocycles. The van der Waals surface area contributed by atoms with Crippen LogP contribution in [0.15, 0.2) is 12.2 Å². The molecule has 4 N–H and O–H groups in total. The molecular weight excluding hydrogens is 256 g/mol. The summed E-state index contributed by atoms with van der Waals surface area (Å²) in [6.45, 7) is 4.03. The molecule has 1 heterocycles. The lowest BCUT2D eigenvalue weighted by atomic mass is 10.1. The summed E-state index contributed by atoms with van der Waals surface area (Å²) in [6.07, 6.45) is 1.31. The summed E-state index contributed by atoms with van der Waals surface area (Å²) in [5.74, 6) is 0. The van der Waals surface area contributed by atoms with Crippen molar-refractivity contribution in [3.63, 3.8) is 0 Å². The van der Waals surface area contributed by atoms with Crippen LogP contribution in [0.25, 0.3) is 0 Å². The van der Waals surface area contributed by atoms with Gasteiger partial charge in [-0.3, -0.25) is 14.0 Å². The zero-order valence-corrected chi connectivity index (χ0v) is 10.3. The van der Waals surface area contributed by atoms with E-state index in [0.717, 1.165) is 10.5 Å². The Labute approximate surface area is 93.1 Å². The van der Waals surface area contributed by atoms with Gasteiger partial charge >= 0.3 is 15.2 Å². The van der Waals surface area contributed by atoms with E-state index in [2.05, 4.69) is 6.58 Å². The lowest BCUT2D eigenvalue weighted by molar-refractivity contribution is 0.220. The average Bonchev–Trinajstić information content (AvgIpc) is 1.97. The molecule has 0 aliphatic carbocycles. The van der Waals surface area contributed by atoms with Crippen LogP contribution in [-0.4, -0.2) is 43.1 Å². The highest BCUT2D eigenvalue weighted by atomic mass is 31.2. The molecule has 0 atom stereocenters. The highest BCUT2D eigenvalue weighted by Gasteiger charge is 2.48. The summed E-state index contributed by atoms with van der Waals surface area (Å²) in [7, 11) is -9.74. The van der Waals surface area contributed by atoms with E-state index in [0.29, 0.717) is 12.8 Å². The number of hydrogen-bond acceptors (Lipinski definition) is 3. The third-order valence-corrected chi connectivity index (χ3v) is 5.99. The second-order valence-electron chi connectivity index (χ2n) is 3.85. The Bertz CT molecular complexity index is 349. The van der Waals surface area contributed by atoms with E-state index in [-0.39, 0.29) is 13.1 Å². The highest BCUT2D eigenvalue weighted by molar-refractivity contribution is 7.70. The fourth-order valence-corrected chi connectivity index (χ4v) is 4.61. The first kappa shape index (κ1) is 14.1. The molecule has 9 heteroatoms. The van der Waals surface area contributed by atoms with Gasteiger partial charge in [-0.1, -0.05) is 12.2 Å². The first-order chi connectivity index (χ1) is 7.12. The summed E-state index contributed by atoms with van der Waals surface area (Å²) < 4.78 is 22.2. The molecule has 1 saturated heterocycles. The van der Waals surface area contributed by atoms with E-state index in [1.54, 1.807) is 0 Å². The molecule has 0 radical (unpaired) electrons. The molecule has 0 saturated carbocycles. The molecule has 16 heavy (non-hydrogen) atoms. The summed E-state index contributed by atoms with van der Waals surface area (Å²) in [5, 5.41) is 0. The number of hydrogen-bond donors (Lipinski definition) is 4. The second kappa shape index (κ2) is 4.70. The van der Waals surface area contributed by atoms with Gasteiger partial charge in [0.1, 0.15) is 0 Å². The van der Waals surface area contributed by atoms with Crippen LogP contribution in [0.4, 0.5) is 0 Å². The topological polar surface area (TPSA) is 118 Å². The molecule has 1 fully saturated rings. The van der Waals surface area contributed by atoms with Gasteiger partial charge in [0.25, 0.3) is 0 Å². The van der Waals surface area contributed by atoms with E-state index >= 15 is 0 Å². The van der Waals surface area contributed by atoms with Crippen molar-refractivity contribution in [2.24, 2.45) is 0 Å². The molecule has 94 valence electrons. The molecular formula is C7H15NO6P2. The van der Waals surface area contributed by atoms with Crippen molar-refractivity contribution in [1.29, 1.82) is 0 Å². The maximum Gasteiger partial charge on any atom is 0.354 e. The summed E-state index contributed by atoms with van der Waals surface area (Å²) in [5.41, 5.74) is -1.32. The van der Waals surface area contributed by atoms with Gasteiger partial charge in [0.05, 0.1) is 0 Å². The van der Waals surface area contributed by atoms with Gasteiger partial charge in [0, 0.05) is 13.1 Å². The monoisotopic (exact) mass is 271 g/mol. The van der Waals surface area contributed by atoms with E-state index < -0.39 is 20.7 Å². The third kappa shape index (κ3) is 3.50. The van der Waals surface area contributed by atoms with Crippen LogP contribution >= 0.6 is 15.2 Å². The maximum atomic E-state index is 11.1. The predicted octanol–water partition coefficient (Wildman–Crippen LogP) is 0.277. The van der Waals surface area contributed by atoms with Gasteiger partial charge in [-0.15, -0.1) is 0 Å². The van der Waals surface area contributed by atoms with Gasteiger partial charge < -0.3 is 19.6 Å². The van der Waals surface area contributed by atoms with Crippen molar-refractivity contribution < 1.29 is 28.7 Å². The molecule has 1 rings (SSSR count). The van der Waals surface area contributed by atoms with Crippen LogP contribution in [0.1, 0.15) is 12.8 Å². The van der Waals surface area contributed by atoms with Crippen LogP contribution < -0.4 is 0 Å². The number of rotatable bonds is 3. The molecule has 0 unspecified atom stereocenters. The lowest BCUT2D eigenvalue weighted by Gasteiger charge is -2.35. The van der Waals surface area contributed by atoms with Crippen LogP contribution in [-0.2, 0) is 9.13 Å². The Balaban J connectivity index is 2.98. The fraction of sp³-hybridized carbons (Fsp3) is 0.714. The SMILES string of the molecule is C=C1CCCN(C(P(=O)(O)O)P(=O)(O)O)C1. The molecule has 0 amide bonds. The summed E-state index contributed by atoms with van der Waals surface area (Å²) in [6, 6.07) is 0. The van der Waals surface area contributed by atoms with E-state index in [4.69, 9.17) is 19.6 Å². The van der Waals surface area contributed by atoms with Crippen LogP contribution in [0, 0.1) is 0 Å². The van der Waals surface area contributed by atoms with Crippen molar-refractivity contribution >= 4 is 15.2 Å². The van der Waals surface area contributed by atoms with E-state index in [1.165, 1.54) is 0 Å². The molecule has 0 bridgehead atoms. The zero-order chi connectivity index (χ0) is 12.6. The van der Waals surface area contributed by atoms with Gasteiger partial charge in [0.15, 0.2) is 0 Å². The Kier molecular flexibility index (Phi) is 4.13. The Morgan fingerprint density at radius 2 is 1.69 bits per heavy atom. The highest BCUT2D eigenvalue weighted by Crippen LogP contribution is 2.61. The first-order valence-corrected chi connectivity index (χ1v) is 8.00. The number of nitrogens with zero attached hydrogens (tertiary/aromatic N) is 1. The van der Waals surface area contributed by atoms with E-state index in [9.17, 15) is 9.13 Å². The quantitative estimate of drug-likeness (QED) is 0.430. The molecule has 0 spiro atoms. The van der Waals surface area contributed by atoms with E-state index in [1.807, 2.05) is 0 Å². The summed E-state index contributed by atoms with van der Waals surface area (Å²) in [4.78, 5) is 37.1. The molecule has 1 aliphatic rings. The third-order valence-electron chi connectivity index (χ3n) is 2.33. The van der Waals surface area contributed by atoms with Gasteiger partial charge in [0.2, 0.25) is 5.52 Å². The first-order valence-electron chi connectivity index (χ1n) is 4.63. The molecule has 0 aromatic heterocycles. The molecule has 7 nitrogen and oxygen atoms in total. The smallest absolute Gasteiger partial charge is 0.323 e. The standard InChI is InChI=1S/C7H15NO6P2/c1-6-3-2-4-8(5-6)7(15(9,10)11)16(12,13)14/h7H,1-5H2,(H2,9,10,11)(H2,12,13,14). The Morgan fingerprint density at radius 1 is 1.19 bits per heavy atom. The van der Waals surface area contributed by atoms with Gasteiger partial charge in [-0.25, -0.2) is 0 Å². The zero-order valence-electron chi connectivity index (χ0n) is 8.56. The van der Waals surface area contributed by atoms with Crippen LogP contribution in [0.3, 0.4) is 0 Å². The minimum absolute atomic E-state index is 0.112. The molecule has 0 aromatic carbocycles. The normalized spacial score (nSPS) is 20.4. The van der Waals surface area contributed by atoms with Gasteiger partial charge in [-0.05, 0) is 12.8 Å². The minimum atomic E-state index is -4.87. The summed E-state index contributed by atoms with van der Waals surface area (Å²) >= 11 is 0. The maximum absolute atomic E-state index is 11.1. The average molecular weight is 271 g/mol. The Hall–Kier alpha value is -0.0000000000000000416. The van der Waals surface area contributed by atoms with Crippen LogP contribution in [0.2, 0.25) is 0 Å². The van der Waals surface area contributed by atoms with Crippen molar-refractivity contribution in [3.05, 3.63) is 12.2 Å².